The normalized spacial score (nSPS) is 11.5. The van der Waals surface area contributed by atoms with E-state index in [1.807, 2.05) is 10.8 Å². The van der Waals surface area contributed by atoms with Crippen molar-refractivity contribution in [3.63, 3.8) is 0 Å². The van der Waals surface area contributed by atoms with Crippen molar-refractivity contribution in [1.82, 2.24) is 19.9 Å². The van der Waals surface area contributed by atoms with Gasteiger partial charge in [0, 0.05) is 45.3 Å². The van der Waals surface area contributed by atoms with Gasteiger partial charge >= 0.3 is 6.03 Å². The van der Waals surface area contributed by atoms with Crippen LogP contribution in [0.2, 0.25) is 0 Å². The van der Waals surface area contributed by atoms with Crippen molar-refractivity contribution in [2.24, 2.45) is 0 Å². The summed E-state index contributed by atoms with van der Waals surface area (Å²) in [7, 11) is -2.02. The lowest BCUT2D eigenvalue weighted by atomic mass is 10.1. The number of thiazole rings is 1. The number of benzene rings is 1. The quantitative estimate of drug-likeness (QED) is 0.486. The highest BCUT2D eigenvalue weighted by atomic mass is 32.2. The number of carbonyl (C=O) groups excluding carboxylic acids is 1. The van der Waals surface area contributed by atoms with Gasteiger partial charge < -0.3 is 14.6 Å². The van der Waals surface area contributed by atoms with Gasteiger partial charge in [0.15, 0.2) is 15.0 Å². The van der Waals surface area contributed by atoms with Crippen LogP contribution in [0.1, 0.15) is 11.5 Å². The van der Waals surface area contributed by atoms with Crippen LogP contribution < -0.4 is 10.6 Å². The zero-order chi connectivity index (χ0) is 23.3. The minimum atomic E-state index is -3.65. The van der Waals surface area contributed by atoms with E-state index in [0.29, 0.717) is 47.4 Å². The summed E-state index contributed by atoms with van der Waals surface area (Å²) < 4.78 is 44.5. The lowest BCUT2D eigenvalue weighted by Gasteiger charge is -2.08. The Labute approximate surface area is 189 Å². The van der Waals surface area contributed by atoms with Gasteiger partial charge in [0.05, 0.1) is 17.2 Å². The van der Waals surface area contributed by atoms with E-state index < -0.39 is 21.7 Å². The molecule has 0 aliphatic rings. The first-order chi connectivity index (χ1) is 15.2. The molecule has 12 heteroatoms. The zero-order valence-corrected chi connectivity index (χ0v) is 19.5. The molecule has 0 aliphatic carbocycles. The second-order valence-electron chi connectivity index (χ2n) is 7.01. The van der Waals surface area contributed by atoms with Crippen LogP contribution in [0.4, 0.5) is 14.3 Å². The first kappa shape index (κ1) is 23.8. The fourth-order valence-electron chi connectivity index (χ4n) is 3.05. The molecular weight excluding hydrogens is 457 g/mol. The van der Waals surface area contributed by atoms with E-state index in [2.05, 4.69) is 20.6 Å². The van der Waals surface area contributed by atoms with Crippen molar-refractivity contribution in [1.29, 1.82) is 0 Å². The molecule has 0 radical (unpaired) electrons. The molecule has 0 saturated carbocycles. The van der Waals surface area contributed by atoms with Gasteiger partial charge in [-0.3, -0.25) is 5.32 Å². The number of nitrogens with zero attached hydrogens (tertiary/aromatic N) is 3. The number of amides is 2. The number of carbonyl (C=O) groups is 1. The van der Waals surface area contributed by atoms with Crippen LogP contribution in [-0.4, -0.2) is 55.5 Å². The molecule has 9 nitrogen and oxygen atoms in total. The number of nitrogens with one attached hydrogen (secondary N) is 2. The predicted octanol–water partition coefficient (Wildman–Crippen LogP) is 2.87. The number of anilines is 1. The zero-order valence-electron chi connectivity index (χ0n) is 17.9. The lowest BCUT2D eigenvalue weighted by Crippen LogP contribution is -2.31. The molecule has 2 amide bonds. The van der Waals surface area contributed by atoms with Crippen molar-refractivity contribution in [2.75, 3.05) is 31.8 Å². The van der Waals surface area contributed by atoms with Crippen LogP contribution in [0.3, 0.4) is 0 Å². The molecule has 0 spiro atoms. The Morgan fingerprint density at radius 2 is 2.12 bits per heavy atom. The van der Waals surface area contributed by atoms with Crippen LogP contribution in [0.5, 0.6) is 0 Å². The van der Waals surface area contributed by atoms with E-state index in [4.69, 9.17) is 4.74 Å². The highest BCUT2D eigenvalue weighted by Crippen LogP contribution is 2.34. The smallest absolute Gasteiger partial charge is 0.321 e. The number of sulfone groups is 1. The monoisotopic (exact) mass is 481 g/mol. The number of imidazole rings is 1. The fourth-order valence-corrected chi connectivity index (χ4v) is 4.74. The third kappa shape index (κ3) is 5.90. The maximum atomic E-state index is 14.2. The third-order valence-electron chi connectivity index (χ3n) is 4.58. The molecule has 0 atom stereocenters. The molecule has 3 aromatic rings. The molecule has 1 aromatic carbocycles. The summed E-state index contributed by atoms with van der Waals surface area (Å²) in [5.74, 6) is 0.0169. The highest BCUT2D eigenvalue weighted by molar-refractivity contribution is 7.90. The van der Waals surface area contributed by atoms with E-state index in [1.165, 1.54) is 23.5 Å². The number of aromatic nitrogens is 3. The summed E-state index contributed by atoms with van der Waals surface area (Å²) in [5.41, 5.74) is 1.08. The number of urea groups is 1. The van der Waals surface area contributed by atoms with Crippen molar-refractivity contribution in [3.05, 3.63) is 47.9 Å². The van der Waals surface area contributed by atoms with Crippen LogP contribution in [0.15, 0.2) is 35.5 Å². The third-order valence-corrected chi connectivity index (χ3v) is 6.83. The summed E-state index contributed by atoms with van der Waals surface area (Å²) in [6.45, 7) is 3.37. The molecule has 2 aromatic heterocycles. The van der Waals surface area contributed by atoms with Crippen LogP contribution in [0.25, 0.3) is 10.4 Å². The topological polar surface area (TPSA) is 115 Å². The highest BCUT2D eigenvalue weighted by Gasteiger charge is 2.17. The van der Waals surface area contributed by atoms with Gasteiger partial charge in [0.2, 0.25) is 0 Å². The first-order valence-electron chi connectivity index (χ1n) is 9.70. The number of methoxy groups -OCH3 is 1. The largest absolute Gasteiger partial charge is 0.383 e. The number of hydrogen-bond acceptors (Lipinski definition) is 7. The molecule has 3 rings (SSSR count). The van der Waals surface area contributed by atoms with Gasteiger partial charge in [-0.25, -0.2) is 27.6 Å². The molecule has 0 fully saturated rings. The second-order valence-corrected chi connectivity index (χ2v) is 9.99. The Morgan fingerprint density at radius 1 is 1.34 bits per heavy atom. The van der Waals surface area contributed by atoms with Gasteiger partial charge in [0.25, 0.3) is 0 Å². The van der Waals surface area contributed by atoms with Gasteiger partial charge in [-0.2, -0.15) is 0 Å². The Morgan fingerprint density at radius 3 is 2.81 bits per heavy atom. The summed E-state index contributed by atoms with van der Waals surface area (Å²) in [6, 6.07) is 3.50. The SMILES string of the molecule is COCCn1ccnc1CCNC(=O)Nc1nc(C)c(-c2ccc(S(C)(=O)=O)c(F)c2)s1. The predicted molar refractivity (Wildman–Crippen MR) is 120 cm³/mol. The van der Waals surface area contributed by atoms with Crippen LogP contribution >= 0.6 is 11.3 Å². The van der Waals surface area contributed by atoms with Crippen molar-refractivity contribution < 1.29 is 22.3 Å². The standard InChI is InChI=1S/C20H24FN5O4S2/c1-13-18(14-4-5-16(15(21)12-14)32(3,28)29)31-20(24-13)25-19(27)23-7-6-17-22-8-9-26(17)10-11-30-2/h4-5,8-9,12H,6-7,10-11H2,1-3H3,(H2,23,24,25,27). The van der Waals surface area contributed by atoms with E-state index >= 15 is 0 Å². The number of hydrogen-bond donors (Lipinski definition) is 2. The van der Waals surface area contributed by atoms with E-state index in [9.17, 15) is 17.6 Å². The van der Waals surface area contributed by atoms with Gasteiger partial charge in [-0.1, -0.05) is 17.4 Å². The van der Waals surface area contributed by atoms with Crippen molar-refractivity contribution in [2.45, 2.75) is 24.8 Å². The fraction of sp³-hybridized carbons (Fsp3) is 0.350. The number of rotatable bonds is 9. The maximum absolute atomic E-state index is 14.2. The van der Waals surface area contributed by atoms with Crippen LogP contribution in [0, 0.1) is 12.7 Å². The molecule has 0 aliphatic heterocycles. The molecule has 2 heterocycles. The van der Waals surface area contributed by atoms with Gasteiger partial charge in [-0.15, -0.1) is 0 Å². The Balaban J connectivity index is 1.60. The molecule has 0 saturated heterocycles. The number of aryl methyl sites for hydroxylation is 1. The first-order valence-corrected chi connectivity index (χ1v) is 12.4. The van der Waals surface area contributed by atoms with Gasteiger partial charge in [-0.05, 0) is 24.6 Å². The summed E-state index contributed by atoms with van der Waals surface area (Å²) in [6.07, 6.45) is 5.07. The molecule has 0 unspecified atom stereocenters. The lowest BCUT2D eigenvalue weighted by molar-refractivity contribution is 0.186. The van der Waals surface area contributed by atoms with E-state index in [0.717, 1.165) is 18.1 Å². The van der Waals surface area contributed by atoms with Crippen molar-refractivity contribution >= 4 is 32.3 Å². The van der Waals surface area contributed by atoms with E-state index in [1.54, 1.807) is 20.2 Å². The average molecular weight is 482 g/mol. The summed E-state index contributed by atoms with van der Waals surface area (Å²) >= 11 is 1.18. The molecular formula is C20H24FN5O4S2. The van der Waals surface area contributed by atoms with Crippen LogP contribution in [-0.2, 0) is 27.5 Å². The summed E-state index contributed by atoms with van der Waals surface area (Å²) in [4.78, 5) is 21.1. The molecule has 172 valence electrons. The maximum Gasteiger partial charge on any atom is 0.321 e. The van der Waals surface area contributed by atoms with Gasteiger partial charge in [0.1, 0.15) is 16.5 Å². The molecule has 0 bridgehead atoms. The van der Waals surface area contributed by atoms with E-state index in [-0.39, 0.29) is 4.90 Å². The summed E-state index contributed by atoms with van der Waals surface area (Å²) in [5, 5.41) is 5.78. The average Bonchev–Trinajstić information content (AvgIpc) is 3.31. The Kier molecular flexibility index (Phi) is 7.59. The number of ether oxygens (including phenoxy) is 1. The molecule has 32 heavy (non-hydrogen) atoms. The minimum Gasteiger partial charge on any atom is -0.383 e. The molecule has 2 N–H and O–H groups in total. The Bertz CT molecular complexity index is 1210. The Hall–Kier alpha value is -2.83. The minimum absolute atomic E-state index is 0.351. The second kappa shape index (κ2) is 10.2. The van der Waals surface area contributed by atoms with Crippen molar-refractivity contribution in [3.8, 4) is 10.4 Å². The number of halogens is 1.